The minimum absolute atomic E-state index is 0.0687. The molecule has 2 aromatic heterocycles. The Morgan fingerprint density at radius 1 is 1.21 bits per heavy atom. The van der Waals surface area contributed by atoms with Crippen molar-refractivity contribution in [2.75, 3.05) is 31.1 Å². The van der Waals surface area contributed by atoms with E-state index >= 15 is 0 Å². The summed E-state index contributed by atoms with van der Waals surface area (Å²) >= 11 is 0. The van der Waals surface area contributed by atoms with Crippen LogP contribution in [-0.4, -0.2) is 40.8 Å². The van der Waals surface area contributed by atoms with Crippen LogP contribution in [0.5, 0.6) is 5.75 Å². The third-order valence-electron chi connectivity index (χ3n) is 5.67. The minimum atomic E-state index is -0.0687. The smallest absolute Gasteiger partial charge is 0.255 e. The first kappa shape index (κ1) is 17.9. The third kappa shape index (κ3) is 3.27. The van der Waals surface area contributed by atoms with Gasteiger partial charge < -0.3 is 15.0 Å². The van der Waals surface area contributed by atoms with Gasteiger partial charge in [0.2, 0.25) is 5.95 Å². The summed E-state index contributed by atoms with van der Waals surface area (Å²) in [5, 5.41) is 3.60. The molecular weight excluding hydrogens is 366 g/mol. The lowest BCUT2D eigenvalue weighted by atomic mass is 10.00. The maximum Gasteiger partial charge on any atom is 0.255 e. The number of anilines is 1. The van der Waals surface area contributed by atoms with Crippen molar-refractivity contribution in [3.05, 3.63) is 70.3 Å². The first-order valence-corrected chi connectivity index (χ1v) is 9.92. The number of rotatable bonds is 3. The molecule has 0 saturated carbocycles. The molecule has 7 nitrogen and oxygen atoms in total. The van der Waals surface area contributed by atoms with Crippen LogP contribution in [0.2, 0.25) is 0 Å². The number of benzene rings is 1. The van der Waals surface area contributed by atoms with Crippen molar-refractivity contribution in [3.8, 4) is 17.0 Å². The lowest BCUT2D eigenvalue weighted by Crippen LogP contribution is -2.47. The van der Waals surface area contributed by atoms with Crippen LogP contribution in [0.3, 0.4) is 0 Å². The van der Waals surface area contributed by atoms with Crippen molar-refractivity contribution in [1.82, 2.24) is 19.9 Å². The lowest BCUT2D eigenvalue weighted by Gasteiger charge is -2.35. The second-order valence-corrected chi connectivity index (χ2v) is 7.46. The van der Waals surface area contributed by atoms with Gasteiger partial charge in [0.15, 0.2) is 0 Å². The standard InChI is InChI=1S/C22H23N5O2/c1-26-20(28)13-18(15-5-8-23-9-6-15)25-22(26)27-11-10-24-19(14-27)17-4-2-3-16-7-12-29-21(16)17/h2-6,8-9,13,19,24H,7,10-12,14H2,1H3/t19-/m1/s1. The van der Waals surface area contributed by atoms with Crippen LogP contribution in [0.15, 0.2) is 53.6 Å². The van der Waals surface area contributed by atoms with Crippen molar-refractivity contribution in [1.29, 1.82) is 0 Å². The van der Waals surface area contributed by atoms with Crippen molar-refractivity contribution in [2.24, 2.45) is 7.05 Å². The average Bonchev–Trinajstić information content (AvgIpc) is 3.25. The number of aromatic nitrogens is 3. The van der Waals surface area contributed by atoms with Crippen LogP contribution in [0.1, 0.15) is 17.2 Å². The van der Waals surface area contributed by atoms with Crippen LogP contribution >= 0.6 is 0 Å². The number of nitrogens with zero attached hydrogens (tertiary/aromatic N) is 4. The van der Waals surface area contributed by atoms with E-state index in [1.165, 1.54) is 11.1 Å². The molecule has 2 aliphatic rings. The largest absolute Gasteiger partial charge is 0.493 e. The Balaban J connectivity index is 1.49. The zero-order chi connectivity index (χ0) is 19.8. The number of hydrogen-bond donors (Lipinski definition) is 1. The van der Waals surface area contributed by atoms with Gasteiger partial charge in [0.1, 0.15) is 5.75 Å². The molecule has 5 rings (SSSR count). The number of ether oxygens (including phenoxy) is 1. The number of pyridine rings is 1. The highest BCUT2D eigenvalue weighted by atomic mass is 16.5. The zero-order valence-electron chi connectivity index (χ0n) is 16.3. The van der Waals surface area contributed by atoms with Crippen LogP contribution in [0, 0.1) is 0 Å². The van der Waals surface area contributed by atoms with E-state index in [4.69, 9.17) is 9.72 Å². The van der Waals surface area contributed by atoms with Gasteiger partial charge in [-0.25, -0.2) is 4.98 Å². The molecular formula is C22H23N5O2. The van der Waals surface area contributed by atoms with Crippen molar-refractivity contribution < 1.29 is 4.74 Å². The maximum atomic E-state index is 12.6. The zero-order valence-corrected chi connectivity index (χ0v) is 16.3. The highest BCUT2D eigenvalue weighted by molar-refractivity contribution is 5.59. The van der Waals surface area contributed by atoms with Crippen LogP contribution in [-0.2, 0) is 13.5 Å². The topological polar surface area (TPSA) is 72.3 Å². The van der Waals surface area contributed by atoms with E-state index in [9.17, 15) is 4.79 Å². The molecule has 1 atom stereocenters. The van der Waals surface area contributed by atoms with Gasteiger partial charge in [0.25, 0.3) is 5.56 Å². The Labute approximate surface area is 169 Å². The monoisotopic (exact) mass is 389 g/mol. The number of piperazine rings is 1. The molecule has 0 spiro atoms. The van der Waals surface area contributed by atoms with E-state index in [-0.39, 0.29) is 11.6 Å². The summed E-state index contributed by atoms with van der Waals surface area (Å²) in [6.45, 7) is 3.06. The number of nitrogens with one attached hydrogen (secondary N) is 1. The van der Waals surface area contributed by atoms with E-state index in [1.807, 2.05) is 12.1 Å². The second kappa shape index (κ2) is 7.33. The highest BCUT2D eigenvalue weighted by Crippen LogP contribution is 2.35. The summed E-state index contributed by atoms with van der Waals surface area (Å²) in [5.74, 6) is 1.70. The van der Waals surface area contributed by atoms with E-state index in [1.54, 1.807) is 30.1 Å². The molecule has 1 fully saturated rings. The van der Waals surface area contributed by atoms with Gasteiger partial charge in [-0.2, -0.15) is 0 Å². The third-order valence-corrected chi connectivity index (χ3v) is 5.67. The maximum absolute atomic E-state index is 12.6. The lowest BCUT2D eigenvalue weighted by molar-refractivity contribution is 0.345. The first-order valence-electron chi connectivity index (χ1n) is 9.92. The predicted octanol–water partition coefficient (Wildman–Crippen LogP) is 1.93. The summed E-state index contributed by atoms with van der Waals surface area (Å²) in [6, 6.07) is 11.8. The summed E-state index contributed by atoms with van der Waals surface area (Å²) in [5.41, 5.74) is 3.94. The fourth-order valence-electron chi connectivity index (χ4n) is 4.14. The van der Waals surface area contributed by atoms with E-state index in [0.29, 0.717) is 11.6 Å². The van der Waals surface area contributed by atoms with Gasteiger partial charge >= 0.3 is 0 Å². The van der Waals surface area contributed by atoms with Crippen molar-refractivity contribution in [3.63, 3.8) is 0 Å². The fraction of sp³-hybridized carbons (Fsp3) is 0.318. The molecule has 29 heavy (non-hydrogen) atoms. The van der Waals surface area contributed by atoms with E-state index in [0.717, 1.165) is 44.0 Å². The molecule has 148 valence electrons. The van der Waals surface area contributed by atoms with Crippen molar-refractivity contribution in [2.45, 2.75) is 12.5 Å². The summed E-state index contributed by atoms with van der Waals surface area (Å²) in [6.07, 6.45) is 4.39. The van der Waals surface area contributed by atoms with E-state index < -0.39 is 0 Å². The highest BCUT2D eigenvalue weighted by Gasteiger charge is 2.28. The summed E-state index contributed by atoms with van der Waals surface area (Å²) < 4.78 is 7.53. The molecule has 0 radical (unpaired) electrons. The number of hydrogen-bond acceptors (Lipinski definition) is 6. The van der Waals surface area contributed by atoms with Gasteiger partial charge in [-0.1, -0.05) is 18.2 Å². The van der Waals surface area contributed by atoms with Gasteiger partial charge in [-0.05, 0) is 17.7 Å². The number of fused-ring (bicyclic) bond motifs is 1. The van der Waals surface area contributed by atoms with Crippen LogP contribution < -0.4 is 20.5 Å². The van der Waals surface area contributed by atoms with Crippen LogP contribution in [0.4, 0.5) is 5.95 Å². The molecule has 7 heteroatoms. The van der Waals surface area contributed by atoms with E-state index in [2.05, 4.69) is 33.4 Å². The molecule has 1 N–H and O–H groups in total. The van der Waals surface area contributed by atoms with Crippen LogP contribution in [0.25, 0.3) is 11.3 Å². The molecule has 0 bridgehead atoms. The first-order chi connectivity index (χ1) is 14.2. The predicted molar refractivity (Wildman–Crippen MR) is 111 cm³/mol. The Morgan fingerprint density at radius 3 is 2.93 bits per heavy atom. The Hall–Kier alpha value is -3.19. The summed E-state index contributed by atoms with van der Waals surface area (Å²) in [7, 11) is 1.78. The molecule has 0 aliphatic carbocycles. The van der Waals surface area contributed by atoms with Crippen molar-refractivity contribution >= 4 is 5.95 Å². The van der Waals surface area contributed by atoms with Gasteiger partial charge in [-0.15, -0.1) is 0 Å². The molecule has 3 aromatic rings. The minimum Gasteiger partial charge on any atom is -0.493 e. The average molecular weight is 389 g/mol. The Kier molecular flexibility index (Phi) is 4.52. The fourth-order valence-corrected chi connectivity index (χ4v) is 4.14. The Bertz CT molecular complexity index is 1100. The molecule has 2 aliphatic heterocycles. The molecule has 0 amide bonds. The molecule has 0 unspecified atom stereocenters. The van der Waals surface area contributed by atoms with Gasteiger partial charge in [0.05, 0.1) is 18.3 Å². The number of para-hydroxylation sites is 1. The molecule has 1 aromatic carbocycles. The summed E-state index contributed by atoms with van der Waals surface area (Å²) in [4.78, 5) is 23.7. The molecule has 1 saturated heterocycles. The quantitative estimate of drug-likeness (QED) is 0.738. The molecule has 4 heterocycles. The van der Waals surface area contributed by atoms with Gasteiger partial charge in [0, 0.05) is 62.7 Å². The van der Waals surface area contributed by atoms with Gasteiger partial charge in [-0.3, -0.25) is 14.3 Å². The Morgan fingerprint density at radius 2 is 2.07 bits per heavy atom. The second-order valence-electron chi connectivity index (χ2n) is 7.46. The SMILES string of the molecule is Cn1c(N2CCN[C@@H](c3cccc4c3OCC4)C2)nc(-c2ccncc2)cc1=O. The normalized spacial score (nSPS) is 18.4.